The van der Waals surface area contributed by atoms with E-state index in [1.807, 2.05) is 4.90 Å². The van der Waals surface area contributed by atoms with Gasteiger partial charge >= 0.3 is 0 Å². The van der Waals surface area contributed by atoms with Crippen LogP contribution in [0.1, 0.15) is 23.8 Å². The number of likely N-dealkylation sites (N-methyl/N-ethyl adjacent to an activating group) is 1. The maximum Gasteiger partial charge on any atom is 0.274 e. The number of carbonyl (C=O) groups is 1. The Morgan fingerprint density at radius 1 is 1.39 bits per heavy atom. The van der Waals surface area contributed by atoms with Crippen LogP contribution in [0.15, 0.2) is 12.1 Å². The normalized spacial score (nSPS) is 21.7. The maximum absolute atomic E-state index is 12.3. The number of amides is 1. The fraction of sp³-hybridized carbons (Fsp3) is 0.583. The number of nitrogens with two attached hydrogens (primary N) is 1. The van der Waals surface area contributed by atoms with Gasteiger partial charge in [-0.2, -0.15) is 0 Å². The molecule has 0 aromatic carbocycles. The van der Waals surface area contributed by atoms with Crippen LogP contribution in [-0.4, -0.2) is 58.6 Å². The lowest BCUT2D eigenvalue weighted by molar-refractivity contribution is 0.0689. The summed E-state index contributed by atoms with van der Waals surface area (Å²) in [5.74, 6) is 0.264. The molecular formula is C12H19N5O. The second-order valence-corrected chi connectivity index (χ2v) is 4.81. The molecule has 0 spiro atoms. The van der Waals surface area contributed by atoms with Gasteiger partial charge in [-0.25, -0.2) is 0 Å². The third-order valence-corrected chi connectivity index (χ3v) is 3.21. The summed E-state index contributed by atoms with van der Waals surface area (Å²) in [5, 5.41) is 7.59. The second-order valence-electron chi connectivity index (χ2n) is 4.81. The molecule has 1 atom stereocenters. The van der Waals surface area contributed by atoms with Crippen molar-refractivity contribution < 1.29 is 4.79 Å². The first-order valence-corrected chi connectivity index (χ1v) is 6.16. The second kappa shape index (κ2) is 5.30. The third kappa shape index (κ3) is 2.76. The topological polar surface area (TPSA) is 75.3 Å². The molecule has 1 aliphatic rings. The zero-order valence-electron chi connectivity index (χ0n) is 10.8. The van der Waals surface area contributed by atoms with Crippen molar-refractivity contribution in [2.75, 3.05) is 32.4 Å². The first kappa shape index (κ1) is 12.8. The molecule has 1 unspecified atom stereocenters. The number of nitrogen functional groups attached to an aromatic ring is 1. The molecule has 2 heterocycles. The minimum absolute atomic E-state index is 0.0645. The quantitative estimate of drug-likeness (QED) is 0.771. The lowest BCUT2D eigenvalue weighted by Crippen LogP contribution is -2.42. The molecule has 1 aromatic rings. The highest BCUT2D eigenvalue weighted by Crippen LogP contribution is 2.12. The summed E-state index contributed by atoms with van der Waals surface area (Å²) in [5.41, 5.74) is 5.83. The van der Waals surface area contributed by atoms with Crippen LogP contribution in [0.5, 0.6) is 0 Å². The Balaban J connectivity index is 2.14. The summed E-state index contributed by atoms with van der Waals surface area (Å²) in [6.45, 7) is 4.72. The largest absolute Gasteiger partial charge is 0.382 e. The first-order valence-electron chi connectivity index (χ1n) is 6.16. The molecule has 1 fully saturated rings. The standard InChI is InChI=1S/C12H19N5O/c1-9-8-16(2)6-3-7-17(9)12(18)10-4-5-11(13)15-14-10/h4-5,9H,3,6-8H2,1-2H3,(H2,13,15). The van der Waals surface area contributed by atoms with E-state index >= 15 is 0 Å². The highest BCUT2D eigenvalue weighted by atomic mass is 16.2. The summed E-state index contributed by atoms with van der Waals surface area (Å²) in [6, 6.07) is 3.42. The highest BCUT2D eigenvalue weighted by molar-refractivity contribution is 5.92. The van der Waals surface area contributed by atoms with Gasteiger partial charge in [0, 0.05) is 19.1 Å². The van der Waals surface area contributed by atoms with E-state index in [1.54, 1.807) is 12.1 Å². The molecule has 0 saturated carbocycles. The molecule has 0 aliphatic carbocycles. The molecule has 1 aromatic heterocycles. The van der Waals surface area contributed by atoms with Crippen molar-refractivity contribution in [1.29, 1.82) is 0 Å². The number of rotatable bonds is 1. The SMILES string of the molecule is CC1CN(C)CCCN1C(=O)c1ccc(N)nn1. The predicted octanol–water partition coefficient (Wildman–Crippen LogP) is 0.225. The predicted molar refractivity (Wildman–Crippen MR) is 69.1 cm³/mol. The van der Waals surface area contributed by atoms with Gasteiger partial charge in [-0.15, -0.1) is 10.2 Å². The lowest BCUT2D eigenvalue weighted by atomic mass is 10.2. The number of hydrogen-bond acceptors (Lipinski definition) is 5. The average molecular weight is 249 g/mol. The van der Waals surface area contributed by atoms with Crippen molar-refractivity contribution in [2.45, 2.75) is 19.4 Å². The fourth-order valence-electron chi connectivity index (χ4n) is 2.28. The molecular weight excluding hydrogens is 230 g/mol. The number of carbonyl (C=O) groups excluding carboxylic acids is 1. The van der Waals surface area contributed by atoms with Crippen LogP contribution in [0, 0.1) is 0 Å². The molecule has 2 N–H and O–H groups in total. The molecule has 6 nitrogen and oxygen atoms in total. The van der Waals surface area contributed by atoms with Gasteiger partial charge in [0.15, 0.2) is 5.69 Å². The van der Waals surface area contributed by atoms with E-state index in [-0.39, 0.29) is 11.9 Å². The third-order valence-electron chi connectivity index (χ3n) is 3.21. The van der Waals surface area contributed by atoms with Gasteiger partial charge in [0.05, 0.1) is 0 Å². The molecule has 6 heteroatoms. The molecule has 0 bridgehead atoms. The Kier molecular flexibility index (Phi) is 3.76. The monoisotopic (exact) mass is 249 g/mol. The van der Waals surface area contributed by atoms with E-state index in [1.165, 1.54) is 0 Å². The Labute approximate surface area is 107 Å². The zero-order valence-corrected chi connectivity index (χ0v) is 10.8. The van der Waals surface area contributed by atoms with E-state index in [2.05, 4.69) is 29.1 Å². The summed E-state index contributed by atoms with van der Waals surface area (Å²) in [7, 11) is 2.08. The Bertz CT molecular complexity index is 419. The van der Waals surface area contributed by atoms with Gasteiger partial charge in [0.25, 0.3) is 5.91 Å². The van der Waals surface area contributed by atoms with Crippen LogP contribution in [0.4, 0.5) is 5.82 Å². The van der Waals surface area contributed by atoms with Crippen molar-refractivity contribution in [3.8, 4) is 0 Å². The summed E-state index contributed by atoms with van der Waals surface area (Å²) in [4.78, 5) is 16.5. The lowest BCUT2D eigenvalue weighted by Gasteiger charge is -2.27. The van der Waals surface area contributed by atoms with Gasteiger partial charge in [-0.1, -0.05) is 0 Å². The number of nitrogens with zero attached hydrogens (tertiary/aromatic N) is 4. The number of hydrogen-bond donors (Lipinski definition) is 1. The van der Waals surface area contributed by atoms with Crippen molar-refractivity contribution in [3.63, 3.8) is 0 Å². The Morgan fingerprint density at radius 2 is 2.17 bits per heavy atom. The number of aromatic nitrogens is 2. The minimum Gasteiger partial charge on any atom is -0.382 e. The average Bonchev–Trinajstić information content (AvgIpc) is 2.50. The van der Waals surface area contributed by atoms with Crippen LogP contribution in [0.3, 0.4) is 0 Å². The smallest absolute Gasteiger partial charge is 0.274 e. The van der Waals surface area contributed by atoms with Gasteiger partial charge in [0.2, 0.25) is 0 Å². The van der Waals surface area contributed by atoms with Crippen LogP contribution >= 0.6 is 0 Å². The van der Waals surface area contributed by atoms with Crippen LogP contribution < -0.4 is 5.73 Å². The first-order chi connectivity index (χ1) is 8.58. The van der Waals surface area contributed by atoms with E-state index in [0.29, 0.717) is 11.5 Å². The van der Waals surface area contributed by atoms with Crippen LogP contribution in [-0.2, 0) is 0 Å². The summed E-state index contributed by atoms with van der Waals surface area (Å²) < 4.78 is 0. The summed E-state index contributed by atoms with van der Waals surface area (Å²) >= 11 is 0. The van der Waals surface area contributed by atoms with Gasteiger partial charge in [-0.05, 0) is 39.1 Å². The molecule has 2 rings (SSSR count). The van der Waals surface area contributed by atoms with Crippen molar-refractivity contribution in [1.82, 2.24) is 20.0 Å². The van der Waals surface area contributed by atoms with Crippen molar-refractivity contribution in [3.05, 3.63) is 17.8 Å². The zero-order chi connectivity index (χ0) is 13.1. The van der Waals surface area contributed by atoms with E-state index < -0.39 is 0 Å². The van der Waals surface area contributed by atoms with Crippen molar-refractivity contribution >= 4 is 11.7 Å². The molecule has 1 amide bonds. The van der Waals surface area contributed by atoms with Gasteiger partial charge in [0.1, 0.15) is 5.82 Å². The molecule has 98 valence electrons. The molecule has 0 radical (unpaired) electrons. The van der Waals surface area contributed by atoms with E-state index in [9.17, 15) is 4.79 Å². The fourth-order valence-corrected chi connectivity index (χ4v) is 2.28. The van der Waals surface area contributed by atoms with Gasteiger partial charge in [-0.3, -0.25) is 4.79 Å². The van der Waals surface area contributed by atoms with E-state index in [4.69, 9.17) is 5.73 Å². The van der Waals surface area contributed by atoms with Gasteiger partial charge < -0.3 is 15.5 Å². The highest BCUT2D eigenvalue weighted by Gasteiger charge is 2.25. The van der Waals surface area contributed by atoms with E-state index in [0.717, 1.165) is 26.1 Å². The minimum atomic E-state index is -0.0645. The Hall–Kier alpha value is -1.69. The van der Waals surface area contributed by atoms with Crippen molar-refractivity contribution in [2.24, 2.45) is 0 Å². The molecule has 1 aliphatic heterocycles. The molecule has 1 saturated heterocycles. The number of anilines is 1. The van der Waals surface area contributed by atoms with Crippen LogP contribution in [0.2, 0.25) is 0 Å². The maximum atomic E-state index is 12.3. The Morgan fingerprint density at radius 3 is 2.83 bits per heavy atom. The molecule has 18 heavy (non-hydrogen) atoms. The summed E-state index contributed by atoms with van der Waals surface area (Å²) in [6.07, 6.45) is 0.981. The van der Waals surface area contributed by atoms with Crippen LogP contribution in [0.25, 0.3) is 0 Å².